The lowest BCUT2D eigenvalue weighted by atomic mass is 10.2. The SMILES string of the molecule is Cc1cc(OC(C)C)nc(Oc2ccc(N)cc2C)n1. The zero-order valence-corrected chi connectivity index (χ0v) is 12.2. The van der Waals surface area contributed by atoms with Crippen LogP contribution in [-0.4, -0.2) is 16.1 Å². The van der Waals surface area contributed by atoms with Crippen LogP contribution < -0.4 is 15.2 Å². The van der Waals surface area contributed by atoms with E-state index in [-0.39, 0.29) is 12.1 Å². The normalized spacial score (nSPS) is 10.7. The Morgan fingerprint density at radius 2 is 1.85 bits per heavy atom. The Hall–Kier alpha value is -2.30. The van der Waals surface area contributed by atoms with Crippen LogP contribution in [0.4, 0.5) is 5.69 Å². The van der Waals surface area contributed by atoms with Crippen LogP contribution in [0.3, 0.4) is 0 Å². The van der Waals surface area contributed by atoms with Crippen molar-refractivity contribution in [3.8, 4) is 17.6 Å². The molecule has 0 spiro atoms. The van der Waals surface area contributed by atoms with E-state index in [2.05, 4.69) is 9.97 Å². The van der Waals surface area contributed by atoms with E-state index in [4.69, 9.17) is 15.2 Å². The molecule has 0 unspecified atom stereocenters. The van der Waals surface area contributed by atoms with Crippen LogP contribution in [0.5, 0.6) is 17.6 Å². The summed E-state index contributed by atoms with van der Waals surface area (Å²) in [4.78, 5) is 8.50. The quantitative estimate of drug-likeness (QED) is 0.866. The number of hydrogen-bond acceptors (Lipinski definition) is 5. The zero-order chi connectivity index (χ0) is 14.7. The molecule has 1 heterocycles. The van der Waals surface area contributed by atoms with E-state index < -0.39 is 0 Å². The Morgan fingerprint density at radius 1 is 1.10 bits per heavy atom. The van der Waals surface area contributed by atoms with Crippen LogP contribution in [0.2, 0.25) is 0 Å². The van der Waals surface area contributed by atoms with Crippen LogP contribution >= 0.6 is 0 Å². The third-order valence-corrected chi connectivity index (χ3v) is 2.57. The van der Waals surface area contributed by atoms with E-state index in [0.717, 1.165) is 11.3 Å². The van der Waals surface area contributed by atoms with Gasteiger partial charge in [-0.1, -0.05) is 0 Å². The van der Waals surface area contributed by atoms with Crippen molar-refractivity contribution in [3.63, 3.8) is 0 Å². The van der Waals surface area contributed by atoms with E-state index in [1.54, 1.807) is 18.2 Å². The summed E-state index contributed by atoms with van der Waals surface area (Å²) >= 11 is 0. The second-order valence-electron chi connectivity index (χ2n) is 4.92. The van der Waals surface area contributed by atoms with Gasteiger partial charge in [-0.3, -0.25) is 0 Å². The van der Waals surface area contributed by atoms with Gasteiger partial charge in [-0.05, 0) is 51.5 Å². The van der Waals surface area contributed by atoms with Crippen molar-refractivity contribution in [1.82, 2.24) is 9.97 Å². The Kier molecular flexibility index (Phi) is 4.08. The summed E-state index contributed by atoms with van der Waals surface area (Å²) in [6, 6.07) is 7.48. The Morgan fingerprint density at radius 3 is 2.50 bits per heavy atom. The average molecular weight is 273 g/mol. The van der Waals surface area contributed by atoms with E-state index >= 15 is 0 Å². The third-order valence-electron chi connectivity index (χ3n) is 2.57. The predicted molar refractivity (Wildman–Crippen MR) is 78.2 cm³/mol. The van der Waals surface area contributed by atoms with Gasteiger partial charge in [0.25, 0.3) is 0 Å². The highest BCUT2D eigenvalue weighted by Gasteiger charge is 2.08. The molecule has 0 atom stereocenters. The standard InChI is InChI=1S/C15H19N3O2/c1-9(2)19-14-8-11(4)17-15(18-14)20-13-6-5-12(16)7-10(13)3/h5-9H,16H2,1-4H3. The van der Waals surface area contributed by atoms with Crippen molar-refractivity contribution in [2.45, 2.75) is 33.8 Å². The van der Waals surface area contributed by atoms with E-state index in [1.165, 1.54) is 0 Å². The van der Waals surface area contributed by atoms with E-state index in [9.17, 15) is 0 Å². The van der Waals surface area contributed by atoms with E-state index in [1.807, 2.05) is 33.8 Å². The van der Waals surface area contributed by atoms with Gasteiger partial charge in [-0.15, -0.1) is 0 Å². The Balaban J connectivity index is 2.26. The van der Waals surface area contributed by atoms with Gasteiger partial charge in [0.1, 0.15) is 5.75 Å². The Bertz CT molecular complexity index is 612. The smallest absolute Gasteiger partial charge is 0.325 e. The van der Waals surface area contributed by atoms with Crippen molar-refractivity contribution in [1.29, 1.82) is 0 Å². The number of nitrogens with two attached hydrogens (primary N) is 1. The first kappa shape index (κ1) is 14.1. The number of anilines is 1. The minimum atomic E-state index is 0.0513. The number of hydrogen-bond donors (Lipinski definition) is 1. The molecule has 20 heavy (non-hydrogen) atoms. The van der Waals surface area contributed by atoms with Gasteiger partial charge in [0.05, 0.1) is 6.10 Å². The van der Waals surface area contributed by atoms with Crippen molar-refractivity contribution in [2.75, 3.05) is 5.73 Å². The highest BCUT2D eigenvalue weighted by atomic mass is 16.5. The molecule has 0 saturated heterocycles. The molecule has 0 fully saturated rings. The maximum atomic E-state index is 5.72. The maximum absolute atomic E-state index is 5.72. The summed E-state index contributed by atoms with van der Waals surface area (Å²) < 4.78 is 11.3. The fraction of sp³-hybridized carbons (Fsp3) is 0.333. The first-order valence-electron chi connectivity index (χ1n) is 6.50. The van der Waals surface area contributed by atoms with Crippen molar-refractivity contribution in [3.05, 3.63) is 35.5 Å². The fourth-order valence-electron chi connectivity index (χ4n) is 1.75. The molecule has 0 radical (unpaired) electrons. The molecule has 0 aliphatic carbocycles. The zero-order valence-electron chi connectivity index (χ0n) is 12.2. The molecule has 0 aliphatic rings. The summed E-state index contributed by atoms with van der Waals surface area (Å²) in [5.74, 6) is 1.19. The van der Waals surface area contributed by atoms with Crippen molar-refractivity contribution < 1.29 is 9.47 Å². The van der Waals surface area contributed by atoms with Crippen LogP contribution in [-0.2, 0) is 0 Å². The third kappa shape index (κ3) is 3.60. The second kappa shape index (κ2) is 5.77. The lowest BCUT2D eigenvalue weighted by Crippen LogP contribution is -2.08. The lowest BCUT2D eigenvalue weighted by molar-refractivity contribution is 0.229. The van der Waals surface area contributed by atoms with Gasteiger partial charge in [-0.2, -0.15) is 9.97 Å². The summed E-state index contributed by atoms with van der Waals surface area (Å²) in [7, 11) is 0. The van der Waals surface area contributed by atoms with Gasteiger partial charge < -0.3 is 15.2 Å². The van der Waals surface area contributed by atoms with Gasteiger partial charge in [0, 0.05) is 17.4 Å². The maximum Gasteiger partial charge on any atom is 0.325 e. The molecule has 1 aromatic heterocycles. The number of benzene rings is 1. The number of rotatable bonds is 4. The molecule has 2 N–H and O–H groups in total. The van der Waals surface area contributed by atoms with Crippen LogP contribution in [0.1, 0.15) is 25.1 Å². The number of aryl methyl sites for hydroxylation is 2. The van der Waals surface area contributed by atoms with E-state index in [0.29, 0.717) is 17.3 Å². The monoisotopic (exact) mass is 273 g/mol. The molecule has 0 amide bonds. The first-order chi connectivity index (χ1) is 9.44. The first-order valence-corrected chi connectivity index (χ1v) is 6.50. The Labute approximate surface area is 118 Å². The van der Waals surface area contributed by atoms with Crippen LogP contribution in [0.25, 0.3) is 0 Å². The predicted octanol–water partition coefficient (Wildman–Crippen LogP) is 3.26. The fourth-order valence-corrected chi connectivity index (χ4v) is 1.75. The van der Waals surface area contributed by atoms with Crippen molar-refractivity contribution >= 4 is 5.69 Å². The molecular formula is C15H19N3O2. The largest absolute Gasteiger partial charge is 0.475 e. The van der Waals surface area contributed by atoms with Gasteiger partial charge in [-0.25, -0.2) is 0 Å². The molecule has 0 saturated carbocycles. The number of nitrogens with zero attached hydrogens (tertiary/aromatic N) is 2. The van der Waals surface area contributed by atoms with Gasteiger partial charge in [0.15, 0.2) is 0 Å². The number of ether oxygens (including phenoxy) is 2. The van der Waals surface area contributed by atoms with Crippen molar-refractivity contribution in [2.24, 2.45) is 0 Å². The molecule has 0 bridgehead atoms. The summed E-state index contributed by atoms with van der Waals surface area (Å²) in [5.41, 5.74) is 8.14. The van der Waals surface area contributed by atoms with Crippen LogP contribution in [0, 0.1) is 13.8 Å². The molecule has 5 heteroatoms. The molecule has 2 rings (SSSR count). The molecular weight excluding hydrogens is 254 g/mol. The summed E-state index contributed by atoms with van der Waals surface area (Å²) in [6.45, 7) is 7.69. The molecule has 5 nitrogen and oxygen atoms in total. The number of aromatic nitrogens is 2. The molecule has 2 aromatic rings. The minimum Gasteiger partial charge on any atom is -0.475 e. The lowest BCUT2D eigenvalue weighted by Gasteiger charge is -2.12. The second-order valence-corrected chi connectivity index (χ2v) is 4.92. The van der Waals surface area contributed by atoms with Gasteiger partial charge in [0.2, 0.25) is 5.88 Å². The molecule has 106 valence electrons. The highest BCUT2D eigenvalue weighted by Crippen LogP contribution is 2.25. The minimum absolute atomic E-state index is 0.0513. The summed E-state index contributed by atoms with van der Waals surface area (Å²) in [6.07, 6.45) is 0.0513. The molecule has 1 aromatic carbocycles. The topological polar surface area (TPSA) is 70.3 Å². The summed E-state index contributed by atoms with van der Waals surface area (Å²) in [5, 5.41) is 0. The average Bonchev–Trinajstić information content (AvgIpc) is 2.31. The highest BCUT2D eigenvalue weighted by molar-refractivity contribution is 5.47. The van der Waals surface area contributed by atoms with Crippen LogP contribution in [0.15, 0.2) is 24.3 Å². The molecule has 0 aliphatic heterocycles. The van der Waals surface area contributed by atoms with Gasteiger partial charge >= 0.3 is 6.01 Å². The number of nitrogen functional groups attached to an aromatic ring is 1.